The molecular weight excluding hydrogens is 258 g/mol. The van der Waals surface area contributed by atoms with E-state index in [0.717, 1.165) is 19.1 Å². The summed E-state index contributed by atoms with van der Waals surface area (Å²) in [6.45, 7) is 20.9. The van der Waals surface area contributed by atoms with Crippen LogP contribution in [0.5, 0.6) is 0 Å². The first kappa shape index (κ1) is 19.0. The van der Waals surface area contributed by atoms with Crippen molar-refractivity contribution in [2.45, 2.75) is 80.3 Å². The van der Waals surface area contributed by atoms with Crippen molar-refractivity contribution in [2.75, 3.05) is 26.2 Å². The molecule has 0 N–H and O–H groups in total. The largest absolute Gasteiger partial charge is 0.377 e. The second-order valence-corrected chi connectivity index (χ2v) is 8.72. The molecule has 1 saturated heterocycles. The maximum Gasteiger partial charge on any atom is 0.0596 e. The normalized spacial score (nSPS) is 19.4. The van der Waals surface area contributed by atoms with Crippen LogP contribution in [0.2, 0.25) is 0 Å². The molecule has 0 aromatic carbocycles. The van der Waals surface area contributed by atoms with E-state index in [9.17, 15) is 0 Å². The van der Waals surface area contributed by atoms with Crippen molar-refractivity contribution in [3.63, 3.8) is 0 Å². The van der Waals surface area contributed by atoms with E-state index in [4.69, 9.17) is 4.74 Å². The molecule has 21 heavy (non-hydrogen) atoms. The topological polar surface area (TPSA) is 12.5 Å². The molecule has 1 aliphatic heterocycles. The lowest BCUT2D eigenvalue weighted by Crippen LogP contribution is -2.41. The fraction of sp³-hybridized carbons (Fsp3) is 1.00. The van der Waals surface area contributed by atoms with E-state index in [-0.39, 0.29) is 0 Å². The average molecular weight is 298 g/mol. The molecule has 0 saturated carbocycles. The molecule has 0 aromatic heterocycles. The minimum atomic E-state index is 0.359. The number of likely N-dealkylation sites (tertiary alicyclic amines) is 1. The molecule has 0 spiro atoms. The van der Waals surface area contributed by atoms with Crippen LogP contribution in [0, 0.1) is 16.7 Å². The molecule has 1 aliphatic rings. The Morgan fingerprint density at radius 1 is 1.10 bits per heavy atom. The van der Waals surface area contributed by atoms with E-state index >= 15 is 0 Å². The molecule has 2 heteroatoms. The van der Waals surface area contributed by atoms with E-state index in [2.05, 4.69) is 53.4 Å². The first-order valence-electron chi connectivity index (χ1n) is 9.00. The Bertz CT molecular complexity index is 288. The van der Waals surface area contributed by atoms with Crippen molar-refractivity contribution in [1.29, 1.82) is 0 Å². The maximum atomic E-state index is 5.68. The molecule has 2 nitrogen and oxygen atoms in total. The summed E-state index contributed by atoms with van der Waals surface area (Å²) >= 11 is 0. The summed E-state index contributed by atoms with van der Waals surface area (Å²) in [7, 11) is 0. The highest BCUT2D eigenvalue weighted by molar-refractivity contribution is 4.87. The fourth-order valence-electron chi connectivity index (χ4n) is 3.86. The molecule has 0 bridgehead atoms. The smallest absolute Gasteiger partial charge is 0.0596 e. The lowest BCUT2D eigenvalue weighted by molar-refractivity contribution is 0.0299. The monoisotopic (exact) mass is 297 g/mol. The van der Waals surface area contributed by atoms with Gasteiger partial charge >= 0.3 is 0 Å². The van der Waals surface area contributed by atoms with Gasteiger partial charge in [-0.2, -0.15) is 0 Å². The van der Waals surface area contributed by atoms with E-state index < -0.39 is 0 Å². The third-order valence-electron chi connectivity index (χ3n) is 5.44. The second kappa shape index (κ2) is 7.97. The minimum Gasteiger partial charge on any atom is -0.377 e. The fourth-order valence-corrected chi connectivity index (χ4v) is 3.86. The Hall–Kier alpha value is -0.0800. The zero-order valence-corrected chi connectivity index (χ0v) is 15.7. The first-order chi connectivity index (χ1) is 9.66. The molecule has 126 valence electrons. The molecule has 0 aromatic rings. The predicted molar refractivity (Wildman–Crippen MR) is 92.7 cm³/mol. The van der Waals surface area contributed by atoms with Crippen LogP contribution in [0.15, 0.2) is 0 Å². The van der Waals surface area contributed by atoms with Crippen molar-refractivity contribution < 1.29 is 4.74 Å². The summed E-state index contributed by atoms with van der Waals surface area (Å²) in [5.41, 5.74) is 0.950. The van der Waals surface area contributed by atoms with Gasteiger partial charge in [0.2, 0.25) is 0 Å². The molecule has 1 heterocycles. The van der Waals surface area contributed by atoms with Gasteiger partial charge in [-0.05, 0) is 62.9 Å². The Morgan fingerprint density at radius 3 is 2.14 bits per heavy atom. The van der Waals surface area contributed by atoms with E-state index in [1.165, 1.54) is 38.8 Å². The molecule has 0 unspecified atom stereocenters. The Kier molecular flexibility index (Phi) is 7.19. The number of rotatable bonds is 8. The number of nitrogens with zero attached hydrogens (tertiary/aromatic N) is 1. The van der Waals surface area contributed by atoms with Gasteiger partial charge in [0.05, 0.1) is 12.7 Å². The summed E-state index contributed by atoms with van der Waals surface area (Å²) in [6, 6.07) is 0. The van der Waals surface area contributed by atoms with Crippen LogP contribution in [0.25, 0.3) is 0 Å². The van der Waals surface area contributed by atoms with Gasteiger partial charge in [-0.1, -0.05) is 41.0 Å². The van der Waals surface area contributed by atoms with Crippen LogP contribution < -0.4 is 0 Å². The van der Waals surface area contributed by atoms with Crippen LogP contribution in [0.3, 0.4) is 0 Å². The van der Waals surface area contributed by atoms with Gasteiger partial charge in [0, 0.05) is 6.54 Å². The van der Waals surface area contributed by atoms with Crippen molar-refractivity contribution in [3.8, 4) is 0 Å². The van der Waals surface area contributed by atoms with Gasteiger partial charge in [-0.3, -0.25) is 0 Å². The van der Waals surface area contributed by atoms with E-state index in [0.29, 0.717) is 16.9 Å². The molecule has 0 radical (unpaired) electrons. The van der Waals surface area contributed by atoms with Crippen molar-refractivity contribution >= 4 is 0 Å². The zero-order chi connectivity index (χ0) is 16.1. The van der Waals surface area contributed by atoms with E-state index in [1.54, 1.807) is 0 Å². The lowest BCUT2D eigenvalue weighted by Gasteiger charge is -2.44. The summed E-state index contributed by atoms with van der Waals surface area (Å²) in [4.78, 5) is 2.58. The SMILES string of the molecule is CCC(C)(C)CC(C)(C)C1CCN(CCOC(C)C)CC1. The number of hydrogen-bond donors (Lipinski definition) is 0. The van der Waals surface area contributed by atoms with Crippen LogP contribution in [0.4, 0.5) is 0 Å². The number of piperidine rings is 1. The average Bonchev–Trinajstić information content (AvgIpc) is 2.38. The van der Waals surface area contributed by atoms with Gasteiger partial charge in [0.1, 0.15) is 0 Å². The van der Waals surface area contributed by atoms with Crippen LogP contribution in [-0.2, 0) is 4.74 Å². The van der Waals surface area contributed by atoms with Gasteiger partial charge in [-0.15, -0.1) is 0 Å². The molecule has 0 amide bonds. The van der Waals surface area contributed by atoms with Crippen LogP contribution >= 0.6 is 0 Å². The summed E-state index contributed by atoms with van der Waals surface area (Å²) in [6.07, 6.45) is 5.69. The predicted octanol–water partition coefficient (Wildman–Crippen LogP) is 4.98. The summed E-state index contributed by atoms with van der Waals surface area (Å²) in [5.74, 6) is 0.880. The third-order valence-corrected chi connectivity index (χ3v) is 5.44. The molecule has 1 fully saturated rings. The summed E-state index contributed by atoms with van der Waals surface area (Å²) < 4.78 is 5.68. The highest BCUT2D eigenvalue weighted by Gasteiger charge is 2.36. The number of hydrogen-bond acceptors (Lipinski definition) is 2. The lowest BCUT2D eigenvalue weighted by atomic mass is 9.65. The summed E-state index contributed by atoms with van der Waals surface area (Å²) in [5, 5.41) is 0. The number of ether oxygens (including phenoxy) is 1. The Labute approximate surface area is 133 Å². The first-order valence-corrected chi connectivity index (χ1v) is 9.00. The van der Waals surface area contributed by atoms with Crippen molar-refractivity contribution in [1.82, 2.24) is 4.90 Å². The van der Waals surface area contributed by atoms with Crippen molar-refractivity contribution in [3.05, 3.63) is 0 Å². The van der Waals surface area contributed by atoms with Crippen molar-refractivity contribution in [2.24, 2.45) is 16.7 Å². The van der Waals surface area contributed by atoms with Gasteiger partial charge in [0.15, 0.2) is 0 Å². The highest BCUT2D eigenvalue weighted by Crippen LogP contribution is 2.44. The van der Waals surface area contributed by atoms with Gasteiger partial charge in [0.25, 0.3) is 0 Å². The Balaban J connectivity index is 2.37. The molecule has 1 rings (SSSR count). The van der Waals surface area contributed by atoms with Gasteiger partial charge < -0.3 is 9.64 Å². The van der Waals surface area contributed by atoms with Gasteiger partial charge in [-0.25, -0.2) is 0 Å². The Morgan fingerprint density at radius 2 is 1.67 bits per heavy atom. The quantitative estimate of drug-likeness (QED) is 0.627. The highest BCUT2D eigenvalue weighted by atomic mass is 16.5. The maximum absolute atomic E-state index is 5.68. The molecule has 0 aliphatic carbocycles. The van der Waals surface area contributed by atoms with E-state index in [1.807, 2.05) is 0 Å². The minimum absolute atomic E-state index is 0.359. The standard InChI is InChI=1S/C19H39NO/c1-8-18(4,5)15-19(6,7)17-9-11-20(12-10-17)13-14-21-16(2)3/h16-17H,8-15H2,1-7H3. The van der Waals surface area contributed by atoms with Crippen LogP contribution in [-0.4, -0.2) is 37.2 Å². The second-order valence-electron chi connectivity index (χ2n) is 8.72. The third kappa shape index (κ3) is 6.69. The zero-order valence-electron chi connectivity index (χ0n) is 15.7. The van der Waals surface area contributed by atoms with Crippen LogP contribution in [0.1, 0.15) is 74.1 Å². The molecule has 0 atom stereocenters. The molecular formula is C19H39NO.